The molecule has 0 saturated carbocycles. The van der Waals surface area contributed by atoms with E-state index in [0.29, 0.717) is 18.8 Å². The molecule has 0 bridgehead atoms. The van der Waals surface area contributed by atoms with Crippen molar-refractivity contribution in [3.8, 4) is 0 Å². The first-order valence-corrected chi connectivity index (χ1v) is 11.5. The van der Waals surface area contributed by atoms with Gasteiger partial charge in [0.15, 0.2) is 0 Å². The summed E-state index contributed by atoms with van der Waals surface area (Å²) in [5.74, 6) is 0.0366. The van der Waals surface area contributed by atoms with Crippen molar-refractivity contribution in [1.82, 2.24) is 14.5 Å². The minimum absolute atomic E-state index is 0.0140. The predicted octanol–water partition coefficient (Wildman–Crippen LogP) is 4.10. The van der Waals surface area contributed by atoms with Crippen LogP contribution in [0.15, 0.2) is 18.2 Å². The molecule has 29 heavy (non-hydrogen) atoms. The summed E-state index contributed by atoms with van der Waals surface area (Å²) in [6.45, 7) is 5.58. The smallest absolute Gasteiger partial charge is 0.317 e. The lowest BCUT2D eigenvalue weighted by molar-refractivity contribution is 0.161. The van der Waals surface area contributed by atoms with Crippen molar-refractivity contribution in [2.75, 3.05) is 43.9 Å². The van der Waals surface area contributed by atoms with Gasteiger partial charge in [0.1, 0.15) is 11.6 Å². The molecule has 2 aliphatic rings. The van der Waals surface area contributed by atoms with Crippen molar-refractivity contribution in [3.05, 3.63) is 29.8 Å². The van der Waals surface area contributed by atoms with E-state index in [1.54, 1.807) is 0 Å². The summed E-state index contributed by atoms with van der Waals surface area (Å²) >= 11 is 1.91. The van der Waals surface area contributed by atoms with E-state index in [9.17, 15) is 13.6 Å². The molecule has 0 unspecified atom stereocenters. The highest BCUT2D eigenvalue weighted by atomic mass is 32.2. The summed E-state index contributed by atoms with van der Waals surface area (Å²) in [5, 5.41) is 3.15. The number of carbonyl (C=O) groups excluding carboxylic acids is 1. The third-order valence-electron chi connectivity index (χ3n) is 5.80. The van der Waals surface area contributed by atoms with Gasteiger partial charge in [-0.1, -0.05) is 18.9 Å². The summed E-state index contributed by atoms with van der Waals surface area (Å²) in [6.07, 6.45) is 4.72. The van der Waals surface area contributed by atoms with E-state index in [4.69, 9.17) is 0 Å². The highest BCUT2D eigenvalue weighted by Gasteiger charge is 2.28. The molecule has 1 aromatic rings. The van der Waals surface area contributed by atoms with Gasteiger partial charge in [-0.05, 0) is 44.2 Å². The van der Waals surface area contributed by atoms with E-state index < -0.39 is 11.6 Å². The van der Waals surface area contributed by atoms with Crippen LogP contribution < -0.4 is 10.2 Å². The van der Waals surface area contributed by atoms with Crippen LogP contribution in [0.25, 0.3) is 0 Å². The molecular weight excluding hydrogens is 394 g/mol. The SMILES string of the molecule is CCCSN1CCC(N(C)C(=O)NC2CCN(c3cc(F)cc(F)c3)CC2)CC1. The van der Waals surface area contributed by atoms with Crippen molar-refractivity contribution in [2.24, 2.45) is 0 Å². The third kappa shape index (κ3) is 6.22. The average Bonchev–Trinajstić information content (AvgIpc) is 2.72. The van der Waals surface area contributed by atoms with Gasteiger partial charge in [0, 0.05) is 62.8 Å². The standard InChI is InChI=1S/C21H32F2N4OS/c1-3-12-29-27-10-6-19(7-11-27)25(2)21(28)24-18-4-8-26(9-5-18)20-14-16(22)13-17(23)15-20/h13-15,18-19H,3-12H2,1-2H3,(H,24,28). The second-order valence-corrected chi connectivity index (χ2v) is 9.13. The Hall–Kier alpha value is -1.54. The number of carbonyl (C=O) groups is 1. The monoisotopic (exact) mass is 426 g/mol. The van der Waals surface area contributed by atoms with E-state index in [-0.39, 0.29) is 18.1 Å². The second kappa shape index (κ2) is 10.5. The predicted molar refractivity (Wildman–Crippen MR) is 115 cm³/mol. The molecule has 0 atom stereocenters. The van der Waals surface area contributed by atoms with Crippen LogP contribution in [-0.4, -0.2) is 66.3 Å². The molecule has 2 heterocycles. The Morgan fingerprint density at radius 1 is 1.10 bits per heavy atom. The van der Waals surface area contributed by atoms with E-state index in [0.717, 1.165) is 50.6 Å². The Kier molecular flexibility index (Phi) is 8.00. The Bertz CT molecular complexity index is 656. The molecule has 2 saturated heterocycles. The normalized spacial score (nSPS) is 19.4. The van der Waals surface area contributed by atoms with E-state index in [1.165, 1.54) is 18.6 Å². The quantitative estimate of drug-likeness (QED) is 0.696. The van der Waals surface area contributed by atoms with Crippen LogP contribution >= 0.6 is 11.9 Å². The number of benzene rings is 1. The fraction of sp³-hybridized carbons (Fsp3) is 0.667. The zero-order chi connectivity index (χ0) is 20.8. The van der Waals surface area contributed by atoms with Crippen molar-refractivity contribution in [1.29, 1.82) is 0 Å². The number of nitrogens with one attached hydrogen (secondary N) is 1. The maximum absolute atomic E-state index is 13.4. The number of halogens is 2. The van der Waals surface area contributed by atoms with E-state index in [1.807, 2.05) is 28.8 Å². The first-order chi connectivity index (χ1) is 14.0. The van der Waals surface area contributed by atoms with Crippen molar-refractivity contribution < 1.29 is 13.6 Å². The molecule has 162 valence electrons. The summed E-state index contributed by atoms with van der Waals surface area (Å²) in [7, 11) is 1.89. The van der Waals surface area contributed by atoms with E-state index in [2.05, 4.69) is 16.5 Å². The zero-order valence-electron chi connectivity index (χ0n) is 17.4. The number of nitrogens with zero attached hydrogens (tertiary/aromatic N) is 3. The first-order valence-electron chi connectivity index (χ1n) is 10.6. The number of urea groups is 1. The van der Waals surface area contributed by atoms with E-state index >= 15 is 0 Å². The summed E-state index contributed by atoms with van der Waals surface area (Å²) in [4.78, 5) is 16.5. The Balaban J connectivity index is 1.42. The van der Waals surface area contributed by atoms with Gasteiger partial charge < -0.3 is 15.1 Å². The topological polar surface area (TPSA) is 38.8 Å². The number of hydrogen-bond donors (Lipinski definition) is 1. The van der Waals surface area contributed by atoms with Gasteiger partial charge in [-0.15, -0.1) is 0 Å². The first kappa shape index (κ1) is 22.2. The van der Waals surface area contributed by atoms with Gasteiger partial charge in [0.2, 0.25) is 0 Å². The van der Waals surface area contributed by atoms with Crippen LogP contribution in [-0.2, 0) is 0 Å². The highest BCUT2D eigenvalue weighted by molar-refractivity contribution is 7.97. The number of amides is 2. The van der Waals surface area contributed by atoms with Gasteiger partial charge in [0.25, 0.3) is 0 Å². The van der Waals surface area contributed by atoms with Crippen molar-refractivity contribution in [3.63, 3.8) is 0 Å². The summed E-state index contributed by atoms with van der Waals surface area (Å²) < 4.78 is 29.3. The Morgan fingerprint density at radius 2 is 1.72 bits per heavy atom. The Morgan fingerprint density at radius 3 is 2.31 bits per heavy atom. The fourth-order valence-corrected chi connectivity index (χ4v) is 4.93. The van der Waals surface area contributed by atoms with Crippen LogP contribution in [0.2, 0.25) is 0 Å². The lowest BCUT2D eigenvalue weighted by atomic mass is 10.0. The molecule has 5 nitrogen and oxygen atoms in total. The third-order valence-corrected chi connectivity index (χ3v) is 7.13. The van der Waals surface area contributed by atoms with Crippen LogP contribution in [0.5, 0.6) is 0 Å². The number of hydrogen-bond acceptors (Lipinski definition) is 4. The average molecular weight is 427 g/mol. The zero-order valence-corrected chi connectivity index (χ0v) is 18.2. The lowest BCUT2D eigenvalue weighted by Gasteiger charge is -2.38. The number of piperidine rings is 2. The number of anilines is 1. The molecule has 0 aromatic heterocycles. The van der Waals surface area contributed by atoms with Crippen LogP contribution in [0.3, 0.4) is 0 Å². The van der Waals surface area contributed by atoms with Gasteiger partial charge >= 0.3 is 6.03 Å². The second-order valence-electron chi connectivity index (χ2n) is 7.94. The highest BCUT2D eigenvalue weighted by Crippen LogP contribution is 2.24. The molecule has 1 N–H and O–H groups in total. The molecule has 0 aliphatic carbocycles. The van der Waals surface area contributed by atoms with Gasteiger partial charge in [-0.2, -0.15) is 0 Å². The number of rotatable bonds is 6. The molecule has 0 spiro atoms. The molecule has 2 amide bonds. The minimum atomic E-state index is -0.559. The summed E-state index contributed by atoms with van der Waals surface area (Å²) in [5.41, 5.74) is 0.567. The molecule has 8 heteroatoms. The molecular formula is C21H32F2N4OS. The molecule has 3 rings (SSSR count). The van der Waals surface area contributed by atoms with Crippen molar-refractivity contribution >= 4 is 23.7 Å². The molecule has 2 fully saturated rings. The maximum atomic E-state index is 13.4. The van der Waals surface area contributed by atoms with Gasteiger partial charge in [-0.3, -0.25) is 4.31 Å². The molecule has 1 aromatic carbocycles. The van der Waals surface area contributed by atoms with Crippen LogP contribution in [0, 0.1) is 11.6 Å². The lowest BCUT2D eigenvalue weighted by Crippen LogP contribution is -2.52. The van der Waals surface area contributed by atoms with Crippen LogP contribution in [0.1, 0.15) is 39.0 Å². The minimum Gasteiger partial charge on any atom is -0.371 e. The fourth-order valence-electron chi connectivity index (χ4n) is 4.03. The molecule has 2 aliphatic heterocycles. The van der Waals surface area contributed by atoms with Crippen LogP contribution in [0.4, 0.5) is 19.3 Å². The van der Waals surface area contributed by atoms with Crippen molar-refractivity contribution in [2.45, 2.75) is 51.1 Å². The summed E-state index contributed by atoms with van der Waals surface area (Å²) in [6, 6.07) is 3.98. The largest absolute Gasteiger partial charge is 0.371 e. The Labute approximate surface area is 176 Å². The molecule has 0 radical (unpaired) electrons. The van der Waals surface area contributed by atoms with Gasteiger partial charge in [-0.25, -0.2) is 13.6 Å². The van der Waals surface area contributed by atoms with Gasteiger partial charge in [0.05, 0.1) is 0 Å². The maximum Gasteiger partial charge on any atom is 0.317 e.